The average molecular weight is 407 g/mol. The third kappa shape index (κ3) is 5.35. The van der Waals surface area contributed by atoms with Crippen molar-refractivity contribution in [3.8, 4) is 5.75 Å². The van der Waals surface area contributed by atoms with Crippen LogP contribution in [0.2, 0.25) is 10.0 Å². The standard InChI is InChI=1S/C20H16Cl2OS2/c1-23-17-8-2-14(3-9-17)20(24-18-10-4-15(21)5-11-18)25-19-12-6-16(22)7-13-19/h2-13,20H,1H3. The van der Waals surface area contributed by atoms with Gasteiger partial charge in [-0.2, -0.15) is 0 Å². The first-order chi connectivity index (χ1) is 12.1. The molecular formula is C20H16Cl2OS2. The molecule has 0 aromatic heterocycles. The van der Waals surface area contributed by atoms with Crippen LogP contribution in [0.4, 0.5) is 0 Å². The third-order valence-electron chi connectivity index (χ3n) is 3.50. The zero-order chi connectivity index (χ0) is 17.6. The predicted molar refractivity (Wildman–Crippen MR) is 110 cm³/mol. The number of benzene rings is 3. The number of hydrogen-bond donors (Lipinski definition) is 0. The van der Waals surface area contributed by atoms with Crippen molar-refractivity contribution in [2.75, 3.05) is 7.11 Å². The van der Waals surface area contributed by atoms with Crippen molar-refractivity contribution >= 4 is 46.7 Å². The Morgan fingerprint density at radius 1 is 0.680 bits per heavy atom. The van der Waals surface area contributed by atoms with Gasteiger partial charge >= 0.3 is 0 Å². The fourth-order valence-electron chi connectivity index (χ4n) is 2.19. The highest BCUT2D eigenvalue weighted by Crippen LogP contribution is 2.47. The van der Waals surface area contributed by atoms with Crippen molar-refractivity contribution in [3.05, 3.63) is 88.4 Å². The smallest absolute Gasteiger partial charge is 0.118 e. The summed E-state index contributed by atoms with van der Waals surface area (Å²) >= 11 is 15.6. The molecule has 3 rings (SSSR count). The number of rotatable bonds is 6. The highest BCUT2D eigenvalue weighted by Gasteiger charge is 2.15. The SMILES string of the molecule is COc1ccc(C(Sc2ccc(Cl)cc2)Sc2ccc(Cl)cc2)cc1. The van der Waals surface area contributed by atoms with Gasteiger partial charge in [0, 0.05) is 19.8 Å². The Morgan fingerprint density at radius 3 is 1.52 bits per heavy atom. The molecule has 0 saturated heterocycles. The Kier molecular flexibility index (Phi) is 6.60. The van der Waals surface area contributed by atoms with Crippen molar-refractivity contribution < 1.29 is 4.74 Å². The molecule has 128 valence electrons. The van der Waals surface area contributed by atoms with Crippen LogP contribution >= 0.6 is 46.7 Å². The number of hydrogen-bond acceptors (Lipinski definition) is 3. The fourth-order valence-corrected chi connectivity index (χ4v) is 4.97. The molecule has 0 aliphatic heterocycles. The van der Waals surface area contributed by atoms with Crippen LogP contribution in [0.1, 0.15) is 10.1 Å². The third-order valence-corrected chi connectivity index (χ3v) is 6.64. The van der Waals surface area contributed by atoms with E-state index in [-0.39, 0.29) is 4.58 Å². The fraction of sp³-hybridized carbons (Fsp3) is 0.100. The summed E-state index contributed by atoms with van der Waals surface area (Å²) in [7, 11) is 1.68. The Hall–Kier alpha value is -1.26. The maximum absolute atomic E-state index is 6.00. The summed E-state index contributed by atoms with van der Waals surface area (Å²) in [5.74, 6) is 0.857. The second kappa shape index (κ2) is 8.91. The predicted octanol–water partition coefficient (Wildman–Crippen LogP) is 7.59. The zero-order valence-electron chi connectivity index (χ0n) is 13.5. The van der Waals surface area contributed by atoms with E-state index >= 15 is 0 Å². The molecule has 0 heterocycles. The first-order valence-electron chi connectivity index (χ1n) is 7.62. The van der Waals surface area contributed by atoms with E-state index in [9.17, 15) is 0 Å². The monoisotopic (exact) mass is 406 g/mol. The zero-order valence-corrected chi connectivity index (χ0v) is 16.6. The molecule has 0 N–H and O–H groups in total. The van der Waals surface area contributed by atoms with Gasteiger partial charge in [0.2, 0.25) is 0 Å². The van der Waals surface area contributed by atoms with E-state index in [0.717, 1.165) is 15.8 Å². The summed E-state index contributed by atoms with van der Waals surface area (Å²) in [4.78, 5) is 2.35. The molecule has 0 atom stereocenters. The summed E-state index contributed by atoms with van der Waals surface area (Å²) in [6, 6.07) is 24.1. The summed E-state index contributed by atoms with van der Waals surface area (Å²) in [6.45, 7) is 0. The number of halogens is 2. The topological polar surface area (TPSA) is 9.23 Å². The molecule has 0 bridgehead atoms. The molecular weight excluding hydrogens is 391 g/mol. The lowest BCUT2D eigenvalue weighted by Gasteiger charge is -2.17. The van der Waals surface area contributed by atoms with E-state index in [1.807, 2.05) is 60.7 Å². The maximum atomic E-state index is 6.00. The molecule has 0 unspecified atom stereocenters. The molecule has 0 spiro atoms. The minimum absolute atomic E-state index is 0.202. The number of methoxy groups -OCH3 is 1. The summed E-state index contributed by atoms with van der Waals surface area (Å²) in [6.07, 6.45) is 0. The van der Waals surface area contributed by atoms with E-state index in [2.05, 4.69) is 12.1 Å². The van der Waals surface area contributed by atoms with Crippen LogP contribution in [0.3, 0.4) is 0 Å². The van der Waals surface area contributed by atoms with Gasteiger partial charge in [-0.25, -0.2) is 0 Å². The van der Waals surface area contributed by atoms with E-state index in [1.165, 1.54) is 15.4 Å². The first-order valence-corrected chi connectivity index (χ1v) is 10.1. The minimum atomic E-state index is 0.202. The normalized spacial score (nSPS) is 10.9. The van der Waals surface area contributed by atoms with Gasteiger partial charge in [0.15, 0.2) is 0 Å². The lowest BCUT2D eigenvalue weighted by molar-refractivity contribution is 0.414. The molecule has 3 aromatic carbocycles. The highest BCUT2D eigenvalue weighted by atomic mass is 35.5. The van der Waals surface area contributed by atoms with Crippen LogP contribution in [0.15, 0.2) is 82.6 Å². The Balaban J connectivity index is 1.85. The van der Waals surface area contributed by atoms with E-state index in [1.54, 1.807) is 30.6 Å². The van der Waals surface area contributed by atoms with Gasteiger partial charge < -0.3 is 4.74 Å². The van der Waals surface area contributed by atoms with E-state index < -0.39 is 0 Å². The van der Waals surface area contributed by atoms with Crippen LogP contribution in [0, 0.1) is 0 Å². The molecule has 0 radical (unpaired) electrons. The molecule has 5 heteroatoms. The van der Waals surface area contributed by atoms with Crippen LogP contribution in [-0.2, 0) is 0 Å². The largest absolute Gasteiger partial charge is 0.497 e. The first kappa shape index (κ1) is 18.5. The Morgan fingerprint density at radius 2 is 1.12 bits per heavy atom. The highest BCUT2D eigenvalue weighted by molar-refractivity contribution is 8.16. The number of ether oxygens (including phenoxy) is 1. The molecule has 0 saturated carbocycles. The summed E-state index contributed by atoms with van der Waals surface area (Å²) in [5, 5.41) is 1.49. The molecule has 0 aliphatic rings. The lowest BCUT2D eigenvalue weighted by atomic mass is 10.2. The Bertz CT molecular complexity index is 755. The molecule has 1 nitrogen and oxygen atoms in total. The summed E-state index contributed by atoms with van der Waals surface area (Å²) < 4.78 is 5.47. The lowest BCUT2D eigenvalue weighted by Crippen LogP contribution is -1.91. The van der Waals surface area contributed by atoms with E-state index in [4.69, 9.17) is 27.9 Å². The van der Waals surface area contributed by atoms with Crippen molar-refractivity contribution in [2.45, 2.75) is 14.4 Å². The van der Waals surface area contributed by atoms with Crippen molar-refractivity contribution in [3.63, 3.8) is 0 Å². The van der Waals surface area contributed by atoms with Gasteiger partial charge in [0.25, 0.3) is 0 Å². The molecule has 3 aromatic rings. The number of thioether (sulfide) groups is 2. The van der Waals surface area contributed by atoms with Crippen LogP contribution < -0.4 is 4.74 Å². The van der Waals surface area contributed by atoms with Crippen LogP contribution in [-0.4, -0.2) is 7.11 Å². The summed E-state index contributed by atoms with van der Waals surface area (Å²) in [5.41, 5.74) is 1.22. The molecule has 0 aliphatic carbocycles. The molecule has 0 amide bonds. The minimum Gasteiger partial charge on any atom is -0.497 e. The second-order valence-electron chi connectivity index (χ2n) is 5.25. The van der Waals surface area contributed by atoms with Crippen molar-refractivity contribution in [1.82, 2.24) is 0 Å². The average Bonchev–Trinajstić information content (AvgIpc) is 2.65. The quantitative estimate of drug-likeness (QED) is 0.308. The van der Waals surface area contributed by atoms with Gasteiger partial charge in [-0.15, -0.1) is 23.5 Å². The Labute approximate surface area is 166 Å². The molecule has 25 heavy (non-hydrogen) atoms. The van der Waals surface area contributed by atoms with Gasteiger partial charge in [0.05, 0.1) is 11.7 Å². The van der Waals surface area contributed by atoms with Crippen molar-refractivity contribution in [2.24, 2.45) is 0 Å². The second-order valence-corrected chi connectivity index (χ2v) is 8.78. The van der Waals surface area contributed by atoms with Gasteiger partial charge in [-0.3, -0.25) is 0 Å². The maximum Gasteiger partial charge on any atom is 0.118 e. The van der Waals surface area contributed by atoms with Gasteiger partial charge in [-0.05, 0) is 66.2 Å². The van der Waals surface area contributed by atoms with Gasteiger partial charge in [-0.1, -0.05) is 35.3 Å². The van der Waals surface area contributed by atoms with E-state index in [0.29, 0.717) is 0 Å². The molecule has 0 fully saturated rings. The van der Waals surface area contributed by atoms with Crippen LogP contribution in [0.25, 0.3) is 0 Å². The van der Waals surface area contributed by atoms with Gasteiger partial charge in [0.1, 0.15) is 5.75 Å². The van der Waals surface area contributed by atoms with Crippen molar-refractivity contribution in [1.29, 1.82) is 0 Å². The van der Waals surface area contributed by atoms with Crippen LogP contribution in [0.5, 0.6) is 5.75 Å².